The number of halogens is 1. The summed E-state index contributed by atoms with van der Waals surface area (Å²) >= 11 is 6.09. The monoisotopic (exact) mass is 485 g/mol. The summed E-state index contributed by atoms with van der Waals surface area (Å²) in [6, 6.07) is 4.64. The Balaban J connectivity index is 1.48. The first-order chi connectivity index (χ1) is 16.1. The molecule has 1 aromatic heterocycles. The molecule has 1 aromatic carbocycles. The van der Waals surface area contributed by atoms with E-state index in [1.807, 2.05) is 0 Å². The van der Waals surface area contributed by atoms with E-state index in [-0.39, 0.29) is 25.5 Å². The van der Waals surface area contributed by atoms with Gasteiger partial charge in [-0.3, -0.25) is 19.3 Å². The number of nitrogens with zero attached hydrogens (tertiary/aromatic N) is 2. The highest BCUT2D eigenvalue weighted by Crippen LogP contribution is 2.35. The topological polar surface area (TPSA) is 135 Å². The van der Waals surface area contributed by atoms with Crippen molar-refractivity contribution in [2.45, 2.75) is 20.0 Å². The van der Waals surface area contributed by atoms with Crippen molar-refractivity contribution in [1.29, 1.82) is 0 Å². The van der Waals surface area contributed by atoms with Crippen LogP contribution in [-0.4, -0.2) is 76.4 Å². The summed E-state index contributed by atoms with van der Waals surface area (Å²) in [4.78, 5) is 54.5. The van der Waals surface area contributed by atoms with Crippen LogP contribution in [0.3, 0.4) is 0 Å². The van der Waals surface area contributed by atoms with Crippen LogP contribution in [-0.2, 0) is 9.59 Å². The van der Waals surface area contributed by atoms with Crippen LogP contribution < -0.4 is 10.6 Å². The largest absolute Gasteiger partial charge is 0.389 e. The fraction of sp³-hybridized carbons (Fsp3) is 0.304. The molecule has 11 heteroatoms. The molecule has 10 nitrogen and oxygen atoms in total. The average molecular weight is 486 g/mol. The Kier molecular flexibility index (Phi) is 6.20. The molecule has 0 bridgehead atoms. The van der Waals surface area contributed by atoms with Gasteiger partial charge in [-0.1, -0.05) is 11.6 Å². The number of anilines is 1. The van der Waals surface area contributed by atoms with E-state index in [4.69, 9.17) is 11.6 Å². The highest BCUT2D eigenvalue weighted by Gasteiger charge is 2.34. The Morgan fingerprint density at radius 3 is 2.71 bits per heavy atom. The minimum absolute atomic E-state index is 0.0351. The second-order valence-electron chi connectivity index (χ2n) is 8.37. The summed E-state index contributed by atoms with van der Waals surface area (Å²) in [7, 11) is 1.50. The van der Waals surface area contributed by atoms with Gasteiger partial charge in [-0.15, -0.1) is 0 Å². The molecule has 34 heavy (non-hydrogen) atoms. The maximum Gasteiger partial charge on any atom is 0.327 e. The third kappa shape index (κ3) is 4.29. The third-order valence-corrected chi connectivity index (χ3v) is 6.11. The van der Waals surface area contributed by atoms with Gasteiger partial charge < -0.3 is 25.6 Å². The number of benzene rings is 1. The van der Waals surface area contributed by atoms with Crippen LogP contribution >= 0.6 is 11.6 Å². The van der Waals surface area contributed by atoms with Crippen LogP contribution in [0.4, 0.5) is 10.5 Å². The number of β-amino-alcohol motifs (C(OH)–C–C–N with tert-alkyl or cyclic N) is 1. The average Bonchev–Trinajstić information content (AvgIpc) is 3.32. The van der Waals surface area contributed by atoms with Crippen LogP contribution in [0.5, 0.6) is 0 Å². The molecule has 178 valence electrons. The van der Waals surface area contributed by atoms with Gasteiger partial charge in [-0.05, 0) is 43.7 Å². The zero-order valence-electron chi connectivity index (χ0n) is 18.9. The highest BCUT2D eigenvalue weighted by atomic mass is 35.5. The zero-order valence-corrected chi connectivity index (χ0v) is 19.6. The van der Waals surface area contributed by atoms with E-state index in [2.05, 4.69) is 15.6 Å². The van der Waals surface area contributed by atoms with E-state index in [1.54, 1.807) is 38.1 Å². The van der Waals surface area contributed by atoms with Gasteiger partial charge in [0.25, 0.3) is 11.8 Å². The molecule has 5 amide bonds. The van der Waals surface area contributed by atoms with Crippen LogP contribution in [0.1, 0.15) is 32.9 Å². The standard InChI is InChI=1S/C23H24ClN5O5/c1-11-18(7-16-15-6-13(24)4-5-17(15)27-21(16)32)26-12(2)20(11)22(33)25-8-14(30)9-29-19(31)10-28(3)23(29)34/h4-7,14,26,30H,8-10H2,1-3H3,(H,25,33)(H,27,32). The molecule has 4 N–H and O–H groups in total. The Labute approximate surface area is 200 Å². The van der Waals surface area contributed by atoms with Gasteiger partial charge in [0.05, 0.1) is 23.8 Å². The van der Waals surface area contributed by atoms with E-state index in [9.17, 15) is 24.3 Å². The molecular weight excluding hydrogens is 462 g/mol. The van der Waals surface area contributed by atoms with Gasteiger partial charge in [-0.2, -0.15) is 0 Å². The second kappa shape index (κ2) is 8.96. The highest BCUT2D eigenvalue weighted by molar-refractivity contribution is 6.36. The number of amides is 5. The normalized spacial score (nSPS) is 17.4. The molecule has 1 fully saturated rings. The molecule has 2 aromatic rings. The number of aliphatic hydroxyl groups is 1. The van der Waals surface area contributed by atoms with Gasteiger partial charge in [0, 0.05) is 41.3 Å². The smallest absolute Gasteiger partial charge is 0.327 e. The lowest BCUT2D eigenvalue weighted by Crippen LogP contribution is -2.43. The molecule has 2 aliphatic rings. The number of aliphatic hydroxyl groups excluding tert-OH is 1. The number of aromatic amines is 1. The maximum atomic E-state index is 12.9. The molecule has 1 unspecified atom stereocenters. The number of carbonyl (C=O) groups is 4. The van der Waals surface area contributed by atoms with Crippen LogP contribution in [0.15, 0.2) is 18.2 Å². The molecule has 2 aliphatic heterocycles. The first kappa shape index (κ1) is 23.5. The van der Waals surface area contributed by atoms with Crippen molar-refractivity contribution in [1.82, 2.24) is 20.1 Å². The Morgan fingerprint density at radius 1 is 1.29 bits per heavy atom. The summed E-state index contributed by atoms with van der Waals surface area (Å²) < 4.78 is 0. The third-order valence-electron chi connectivity index (χ3n) is 5.88. The number of aryl methyl sites for hydroxylation is 1. The number of imide groups is 1. The summed E-state index contributed by atoms with van der Waals surface area (Å²) in [5, 5.41) is 16.2. The van der Waals surface area contributed by atoms with Crippen molar-refractivity contribution in [3.63, 3.8) is 0 Å². The molecule has 0 saturated carbocycles. The van der Waals surface area contributed by atoms with Gasteiger partial charge in [-0.25, -0.2) is 4.79 Å². The number of urea groups is 1. The summed E-state index contributed by atoms with van der Waals surface area (Å²) in [6.45, 7) is 3.10. The predicted octanol–water partition coefficient (Wildman–Crippen LogP) is 1.76. The van der Waals surface area contributed by atoms with Crippen molar-refractivity contribution >= 4 is 52.7 Å². The van der Waals surface area contributed by atoms with Crippen LogP contribution in [0.2, 0.25) is 5.02 Å². The fourth-order valence-corrected chi connectivity index (χ4v) is 4.30. The Hall–Kier alpha value is -3.63. The second-order valence-corrected chi connectivity index (χ2v) is 8.81. The zero-order chi connectivity index (χ0) is 24.7. The quantitative estimate of drug-likeness (QED) is 0.365. The number of nitrogens with one attached hydrogen (secondary N) is 3. The lowest BCUT2D eigenvalue weighted by molar-refractivity contribution is -0.126. The first-order valence-electron chi connectivity index (χ1n) is 10.6. The fourth-order valence-electron chi connectivity index (χ4n) is 4.13. The molecule has 4 rings (SSSR count). The van der Waals surface area contributed by atoms with Gasteiger partial charge >= 0.3 is 6.03 Å². The summed E-state index contributed by atoms with van der Waals surface area (Å²) in [5.41, 5.74) is 3.97. The lowest BCUT2D eigenvalue weighted by Gasteiger charge is -2.18. The molecule has 0 spiro atoms. The summed E-state index contributed by atoms with van der Waals surface area (Å²) in [6.07, 6.45) is 0.556. The van der Waals surface area contributed by atoms with E-state index in [0.717, 1.165) is 4.90 Å². The number of hydrogen-bond acceptors (Lipinski definition) is 5. The van der Waals surface area contributed by atoms with E-state index in [0.29, 0.717) is 44.4 Å². The maximum absolute atomic E-state index is 12.9. The predicted molar refractivity (Wildman–Crippen MR) is 126 cm³/mol. The number of rotatable bonds is 6. The number of H-pyrrole nitrogens is 1. The Morgan fingerprint density at radius 2 is 2.03 bits per heavy atom. The van der Waals surface area contributed by atoms with Crippen molar-refractivity contribution in [2.24, 2.45) is 0 Å². The number of fused-ring (bicyclic) bond motifs is 1. The molecule has 3 heterocycles. The van der Waals surface area contributed by atoms with Crippen molar-refractivity contribution in [3.8, 4) is 0 Å². The van der Waals surface area contributed by atoms with Crippen molar-refractivity contribution in [3.05, 3.63) is 51.3 Å². The molecule has 0 aliphatic carbocycles. The van der Waals surface area contributed by atoms with E-state index >= 15 is 0 Å². The number of carbonyl (C=O) groups excluding carboxylic acids is 4. The number of aromatic nitrogens is 1. The minimum Gasteiger partial charge on any atom is -0.389 e. The van der Waals surface area contributed by atoms with E-state index < -0.39 is 23.9 Å². The molecule has 1 atom stereocenters. The van der Waals surface area contributed by atoms with Crippen molar-refractivity contribution < 1.29 is 24.3 Å². The van der Waals surface area contributed by atoms with Crippen molar-refractivity contribution in [2.75, 3.05) is 32.0 Å². The number of likely N-dealkylation sites (N-methyl/N-ethyl adjacent to an activating group) is 1. The Bertz CT molecular complexity index is 1250. The van der Waals surface area contributed by atoms with Gasteiger partial charge in [0.2, 0.25) is 5.91 Å². The molecule has 1 saturated heterocycles. The first-order valence-corrected chi connectivity index (χ1v) is 11.0. The number of hydrogen-bond donors (Lipinski definition) is 4. The molecule has 0 radical (unpaired) electrons. The van der Waals surface area contributed by atoms with E-state index in [1.165, 1.54) is 11.9 Å². The summed E-state index contributed by atoms with van der Waals surface area (Å²) in [5.74, 6) is -1.09. The van der Waals surface area contributed by atoms with Gasteiger partial charge in [0.1, 0.15) is 6.54 Å². The minimum atomic E-state index is -1.12. The molecular formula is C23H24ClN5O5. The van der Waals surface area contributed by atoms with Gasteiger partial charge in [0.15, 0.2) is 0 Å². The SMILES string of the molecule is Cc1[nH]c(C=C2C(=O)Nc3ccc(Cl)cc32)c(C)c1C(=O)NCC(O)CN1C(=O)CN(C)C1=O. The lowest BCUT2D eigenvalue weighted by atomic mass is 10.0. The van der Waals surface area contributed by atoms with Crippen LogP contribution in [0, 0.1) is 13.8 Å². The van der Waals surface area contributed by atoms with Crippen LogP contribution in [0.25, 0.3) is 11.6 Å².